The zero-order chi connectivity index (χ0) is 12.4. The molecule has 1 aromatic carbocycles. The first-order valence-corrected chi connectivity index (χ1v) is 6.75. The van der Waals surface area contributed by atoms with Crippen LogP contribution in [0.3, 0.4) is 0 Å². The molecule has 0 saturated heterocycles. The molecule has 17 heavy (non-hydrogen) atoms. The Hall–Kier alpha value is -0.580. The predicted molar refractivity (Wildman–Crippen MR) is 73.0 cm³/mol. The highest BCUT2D eigenvalue weighted by atomic mass is 79.9. The molecule has 0 N–H and O–H groups in total. The van der Waals surface area contributed by atoms with E-state index < -0.39 is 0 Å². The van der Waals surface area contributed by atoms with Gasteiger partial charge in [0.1, 0.15) is 5.69 Å². The molecule has 1 aromatic heterocycles. The highest BCUT2D eigenvalue weighted by Gasteiger charge is 2.12. The molecule has 1 atom stereocenters. The largest absolute Gasteiger partial charge is 0.219 e. The van der Waals surface area contributed by atoms with Crippen LogP contribution in [0, 0.1) is 0 Å². The third-order valence-corrected chi connectivity index (χ3v) is 4.28. The van der Waals surface area contributed by atoms with Crippen molar-refractivity contribution in [3.8, 4) is 5.69 Å². The zero-order valence-electron chi connectivity index (χ0n) is 9.07. The third kappa shape index (κ3) is 2.64. The summed E-state index contributed by atoms with van der Waals surface area (Å²) in [7, 11) is 0. The number of hydrogen-bond donors (Lipinski definition) is 0. The third-order valence-electron chi connectivity index (χ3n) is 2.37. The topological polar surface area (TPSA) is 30.7 Å². The molecular weight excluding hydrogens is 325 g/mol. The van der Waals surface area contributed by atoms with Gasteiger partial charge in [0.25, 0.3) is 0 Å². The Morgan fingerprint density at radius 3 is 2.94 bits per heavy atom. The predicted octanol–water partition coefficient (Wildman–Crippen LogP) is 4.37. The van der Waals surface area contributed by atoms with E-state index >= 15 is 0 Å². The Labute approximate surface area is 118 Å². The number of halogens is 3. The van der Waals surface area contributed by atoms with Crippen molar-refractivity contribution < 1.29 is 0 Å². The average molecular weight is 335 g/mol. The minimum atomic E-state index is -0.110. The van der Waals surface area contributed by atoms with Gasteiger partial charge in [-0.25, -0.2) is 4.68 Å². The highest BCUT2D eigenvalue weighted by Crippen LogP contribution is 2.29. The molecule has 6 heteroatoms. The quantitative estimate of drug-likeness (QED) is 0.780. The number of hydrogen-bond acceptors (Lipinski definition) is 2. The summed E-state index contributed by atoms with van der Waals surface area (Å²) in [6.07, 6.45) is 2.63. The van der Waals surface area contributed by atoms with Crippen molar-refractivity contribution in [2.24, 2.45) is 0 Å². The Morgan fingerprint density at radius 1 is 1.47 bits per heavy atom. The molecule has 0 fully saturated rings. The fourth-order valence-corrected chi connectivity index (χ4v) is 2.13. The first-order chi connectivity index (χ1) is 8.13. The monoisotopic (exact) mass is 333 g/mol. The first kappa shape index (κ1) is 12.9. The van der Waals surface area contributed by atoms with Gasteiger partial charge in [0.05, 0.1) is 26.8 Å². The van der Waals surface area contributed by atoms with E-state index in [4.69, 9.17) is 23.2 Å². The second kappa shape index (κ2) is 5.38. The molecule has 2 aromatic rings. The summed E-state index contributed by atoms with van der Waals surface area (Å²) in [4.78, 5) is 0. The summed E-state index contributed by atoms with van der Waals surface area (Å²) in [5, 5.41) is 8.63. The Balaban J connectivity index is 2.40. The maximum atomic E-state index is 6.11. The molecule has 0 aliphatic rings. The van der Waals surface area contributed by atoms with Crippen LogP contribution in [-0.2, 0) is 0 Å². The molecule has 0 spiro atoms. The van der Waals surface area contributed by atoms with Gasteiger partial charge in [-0.05, 0) is 34.5 Å². The van der Waals surface area contributed by atoms with Crippen LogP contribution < -0.4 is 0 Å². The molecule has 0 saturated carbocycles. The molecule has 0 aliphatic heterocycles. The highest BCUT2D eigenvalue weighted by molar-refractivity contribution is 9.10. The Kier molecular flexibility index (Phi) is 4.07. The summed E-state index contributed by atoms with van der Waals surface area (Å²) in [5.41, 5.74) is 1.61. The fourth-order valence-electron chi connectivity index (χ4n) is 1.42. The van der Waals surface area contributed by atoms with Gasteiger partial charge in [-0.2, -0.15) is 0 Å². The summed E-state index contributed by atoms with van der Waals surface area (Å²) in [6, 6.07) is 5.58. The van der Waals surface area contributed by atoms with Crippen molar-refractivity contribution in [1.82, 2.24) is 15.0 Å². The fraction of sp³-hybridized carbons (Fsp3) is 0.273. The Bertz CT molecular complexity index is 527. The number of alkyl halides is 1. The average Bonchev–Trinajstić information content (AvgIpc) is 2.81. The molecule has 0 amide bonds. The Morgan fingerprint density at radius 2 is 2.24 bits per heavy atom. The van der Waals surface area contributed by atoms with Crippen molar-refractivity contribution >= 4 is 39.1 Å². The van der Waals surface area contributed by atoms with Crippen molar-refractivity contribution in [3.63, 3.8) is 0 Å². The van der Waals surface area contributed by atoms with Gasteiger partial charge in [-0.3, -0.25) is 0 Å². The van der Waals surface area contributed by atoms with Gasteiger partial charge >= 0.3 is 0 Å². The van der Waals surface area contributed by atoms with Gasteiger partial charge in [0.15, 0.2) is 0 Å². The summed E-state index contributed by atoms with van der Waals surface area (Å²) in [6.45, 7) is 2.01. The van der Waals surface area contributed by atoms with E-state index in [2.05, 4.69) is 26.2 Å². The summed E-state index contributed by atoms with van der Waals surface area (Å²) in [5.74, 6) is 0. The van der Waals surface area contributed by atoms with Crippen LogP contribution in [0.1, 0.15) is 24.4 Å². The number of rotatable bonds is 3. The van der Waals surface area contributed by atoms with E-state index in [0.717, 1.165) is 22.3 Å². The first-order valence-electron chi connectivity index (χ1n) is 5.14. The van der Waals surface area contributed by atoms with Crippen LogP contribution in [0.15, 0.2) is 28.9 Å². The van der Waals surface area contributed by atoms with Crippen molar-refractivity contribution in [1.29, 1.82) is 0 Å². The van der Waals surface area contributed by atoms with Crippen LogP contribution in [0.5, 0.6) is 0 Å². The van der Waals surface area contributed by atoms with Gasteiger partial charge in [-0.15, -0.1) is 16.7 Å². The lowest BCUT2D eigenvalue weighted by atomic mass is 10.2. The van der Waals surface area contributed by atoms with Crippen molar-refractivity contribution in [2.75, 3.05) is 0 Å². The van der Waals surface area contributed by atoms with Crippen LogP contribution in [0.2, 0.25) is 5.02 Å². The van der Waals surface area contributed by atoms with Crippen LogP contribution in [-0.4, -0.2) is 15.0 Å². The van der Waals surface area contributed by atoms with Crippen LogP contribution in [0.4, 0.5) is 0 Å². The lowest BCUT2D eigenvalue weighted by Crippen LogP contribution is -1.96. The zero-order valence-corrected chi connectivity index (χ0v) is 12.2. The maximum absolute atomic E-state index is 6.11. The molecule has 0 radical (unpaired) electrons. The van der Waals surface area contributed by atoms with E-state index in [-0.39, 0.29) is 5.38 Å². The standard InChI is InChI=1S/C11H10BrCl2N3/c1-2-7(13)9-6-17(16-15-9)10-5-3-4-8(14)11(10)12/h3-7H,2H2,1H3. The lowest BCUT2D eigenvalue weighted by Gasteiger charge is -2.04. The second-order valence-electron chi connectivity index (χ2n) is 3.54. The van der Waals surface area contributed by atoms with Crippen molar-refractivity contribution in [2.45, 2.75) is 18.7 Å². The van der Waals surface area contributed by atoms with E-state index in [9.17, 15) is 0 Å². The number of benzene rings is 1. The number of aromatic nitrogens is 3. The SMILES string of the molecule is CCC(Cl)c1cn(-c2cccc(Cl)c2Br)nn1. The van der Waals surface area contributed by atoms with E-state index in [1.807, 2.05) is 31.3 Å². The van der Waals surface area contributed by atoms with E-state index in [1.54, 1.807) is 4.68 Å². The van der Waals surface area contributed by atoms with E-state index in [1.165, 1.54) is 0 Å². The summed E-state index contributed by atoms with van der Waals surface area (Å²) < 4.78 is 2.46. The second-order valence-corrected chi connectivity index (χ2v) is 5.26. The van der Waals surface area contributed by atoms with Gasteiger partial charge < -0.3 is 0 Å². The van der Waals surface area contributed by atoms with Gasteiger partial charge in [0.2, 0.25) is 0 Å². The smallest absolute Gasteiger partial charge is 0.101 e. The van der Waals surface area contributed by atoms with Gasteiger partial charge in [0, 0.05) is 0 Å². The summed E-state index contributed by atoms with van der Waals surface area (Å²) >= 11 is 15.6. The molecular formula is C11H10BrCl2N3. The molecule has 2 rings (SSSR count). The normalized spacial score (nSPS) is 12.7. The molecule has 0 aliphatic carbocycles. The maximum Gasteiger partial charge on any atom is 0.101 e. The lowest BCUT2D eigenvalue weighted by molar-refractivity contribution is 0.784. The van der Waals surface area contributed by atoms with Gasteiger partial charge in [-0.1, -0.05) is 29.8 Å². The van der Waals surface area contributed by atoms with Crippen LogP contribution >= 0.6 is 39.1 Å². The number of nitrogens with zero attached hydrogens (tertiary/aromatic N) is 3. The van der Waals surface area contributed by atoms with Crippen molar-refractivity contribution in [3.05, 3.63) is 39.6 Å². The van der Waals surface area contributed by atoms with Crippen LogP contribution in [0.25, 0.3) is 5.69 Å². The minimum absolute atomic E-state index is 0.110. The minimum Gasteiger partial charge on any atom is -0.219 e. The molecule has 90 valence electrons. The molecule has 3 nitrogen and oxygen atoms in total. The molecule has 1 heterocycles. The molecule has 1 unspecified atom stereocenters. The molecule has 0 bridgehead atoms. The van der Waals surface area contributed by atoms with E-state index in [0.29, 0.717) is 5.02 Å².